The molecule has 7 nitrogen and oxygen atoms in total. The summed E-state index contributed by atoms with van der Waals surface area (Å²) in [5.74, 6) is 0.0980. The van der Waals surface area contributed by atoms with E-state index in [1.165, 1.54) is 32.1 Å². The van der Waals surface area contributed by atoms with Gasteiger partial charge in [0, 0.05) is 18.8 Å². The third-order valence-corrected chi connectivity index (χ3v) is 9.96. The highest BCUT2D eigenvalue weighted by Gasteiger charge is 2.43. The van der Waals surface area contributed by atoms with E-state index in [4.69, 9.17) is 4.18 Å². The van der Waals surface area contributed by atoms with Gasteiger partial charge in [-0.05, 0) is 68.9 Å². The highest BCUT2D eigenvalue weighted by atomic mass is 32.2. The average Bonchev–Trinajstić information content (AvgIpc) is 3.22. The lowest BCUT2D eigenvalue weighted by molar-refractivity contribution is -0.140. The van der Waals surface area contributed by atoms with Crippen LogP contribution in [0.1, 0.15) is 83.1 Å². The molecule has 224 valence electrons. The van der Waals surface area contributed by atoms with Crippen LogP contribution in [0.25, 0.3) is 0 Å². The zero-order valence-corrected chi connectivity index (χ0v) is 25.1. The second kappa shape index (κ2) is 15.9. The highest BCUT2D eigenvalue weighted by molar-refractivity contribution is 7.86. The number of aliphatic hydroxyl groups is 2. The zero-order valence-electron chi connectivity index (χ0n) is 24.3. The summed E-state index contributed by atoms with van der Waals surface area (Å²) in [7, 11) is -2.64. The van der Waals surface area contributed by atoms with E-state index in [0.29, 0.717) is 25.7 Å². The van der Waals surface area contributed by atoms with Crippen molar-refractivity contribution in [3.63, 3.8) is 0 Å². The number of unbranched alkanes of at least 4 members (excludes halogenated alkanes) is 1. The van der Waals surface area contributed by atoms with E-state index in [9.17, 15) is 23.4 Å². The van der Waals surface area contributed by atoms with E-state index >= 15 is 0 Å². The first-order valence-electron chi connectivity index (χ1n) is 14.9. The summed E-state index contributed by atoms with van der Waals surface area (Å²) in [6.07, 6.45) is 14.7. The normalized spacial score (nSPS) is 28.3. The highest BCUT2D eigenvalue weighted by Crippen LogP contribution is 2.40. The molecular formula is C32H48O7S. The van der Waals surface area contributed by atoms with Gasteiger partial charge in [0.05, 0.1) is 30.3 Å². The quantitative estimate of drug-likeness (QED) is 0.123. The fraction of sp³-hybridized carbons (Fsp3) is 0.656. The SMILES string of the molecule is CCCC1CCC([C@@H](O)/C=C/[C@@H]2[C@@H](C/C=C\CCCC(=O)OC)[C@H](OS(=O)(=O)c3ccc(C)cc3)C[C@H]2O)CC1. The predicted molar refractivity (Wildman–Crippen MR) is 156 cm³/mol. The molecule has 0 aromatic heterocycles. The number of esters is 1. The number of carbonyl (C=O) groups is 1. The van der Waals surface area contributed by atoms with Crippen molar-refractivity contribution in [2.75, 3.05) is 7.11 Å². The summed E-state index contributed by atoms with van der Waals surface area (Å²) in [4.78, 5) is 11.5. The number of allylic oxidation sites excluding steroid dienone is 2. The van der Waals surface area contributed by atoms with Crippen LogP contribution in [0.15, 0.2) is 53.5 Å². The van der Waals surface area contributed by atoms with E-state index in [1.54, 1.807) is 12.1 Å². The number of rotatable bonds is 14. The van der Waals surface area contributed by atoms with E-state index in [2.05, 4.69) is 11.7 Å². The smallest absolute Gasteiger partial charge is 0.305 e. The molecule has 0 spiro atoms. The van der Waals surface area contributed by atoms with Gasteiger partial charge in [-0.25, -0.2) is 0 Å². The molecule has 0 unspecified atom stereocenters. The molecule has 2 N–H and O–H groups in total. The van der Waals surface area contributed by atoms with Crippen molar-refractivity contribution in [1.29, 1.82) is 0 Å². The van der Waals surface area contributed by atoms with Gasteiger partial charge in [0.15, 0.2) is 0 Å². The van der Waals surface area contributed by atoms with Crippen LogP contribution in [-0.2, 0) is 23.8 Å². The monoisotopic (exact) mass is 576 g/mol. The third kappa shape index (κ3) is 9.54. The first kappa shape index (κ1) is 32.5. The van der Waals surface area contributed by atoms with Crippen LogP contribution in [0.2, 0.25) is 0 Å². The van der Waals surface area contributed by atoms with Crippen molar-refractivity contribution in [2.45, 2.75) is 108 Å². The number of hydrogen-bond acceptors (Lipinski definition) is 7. The lowest BCUT2D eigenvalue weighted by atomic mass is 9.77. The number of ether oxygens (including phenoxy) is 1. The fourth-order valence-corrected chi connectivity index (χ4v) is 7.31. The van der Waals surface area contributed by atoms with Crippen LogP contribution in [0.4, 0.5) is 0 Å². The number of methoxy groups -OCH3 is 1. The summed E-state index contributed by atoms with van der Waals surface area (Å²) in [6.45, 7) is 4.11. The van der Waals surface area contributed by atoms with Crippen molar-refractivity contribution >= 4 is 16.1 Å². The van der Waals surface area contributed by atoms with E-state index < -0.39 is 28.4 Å². The maximum Gasteiger partial charge on any atom is 0.305 e. The molecule has 0 saturated heterocycles. The van der Waals surface area contributed by atoms with Gasteiger partial charge in [0.25, 0.3) is 10.1 Å². The molecule has 0 aliphatic heterocycles. The molecule has 8 heteroatoms. The lowest BCUT2D eigenvalue weighted by Crippen LogP contribution is -2.26. The Hall–Kier alpha value is -2.00. The van der Waals surface area contributed by atoms with Gasteiger partial charge in [-0.15, -0.1) is 0 Å². The molecule has 2 fully saturated rings. The lowest BCUT2D eigenvalue weighted by Gasteiger charge is -2.30. The van der Waals surface area contributed by atoms with Crippen LogP contribution in [-0.4, -0.2) is 50.0 Å². The molecule has 0 heterocycles. The van der Waals surface area contributed by atoms with Gasteiger partial charge >= 0.3 is 5.97 Å². The topological polar surface area (TPSA) is 110 Å². The maximum absolute atomic E-state index is 13.1. The minimum absolute atomic E-state index is 0.0952. The molecule has 0 amide bonds. The Kier molecular flexibility index (Phi) is 12.9. The molecule has 40 heavy (non-hydrogen) atoms. The maximum atomic E-state index is 13.1. The Morgan fingerprint density at radius 1 is 1.12 bits per heavy atom. The fourth-order valence-electron chi connectivity index (χ4n) is 6.18. The van der Waals surface area contributed by atoms with Gasteiger partial charge in [0.1, 0.15) is 0 Å². The van der Waals surface area contributed by atoms with Crippen LogP contribution < -0.4 is 0 Å². The first-order valence-corrected chi connectivity index (χ1v) is 16.3. The Morgan fingerprint density at radius 3 is 2.48 bits per heavy atom. The molecule has 1 aromatic rings. The Morgan fingerprint density at radius 2 is 1.82 bits per heavy atom. The van der Waals surface area contributed by atoms with Crippen LogP contribution in [0, 0.1) is 30.6 Å². The van der Waals surface area contributed by atoms with E-state index in [1.807, 2.05) is 31.2 Å². The largest absolute Gasteiger partial charge is 0.469 e. The predicted octanol–water partition coefficient (Wildman–Crippen LogP) is 5.88. The molecule has 5 atom stereocenters. The molecular weight excluding hydrogens is 528 g/mol. The van der Waals surface area contributed by atoms with Crippen LogP contribution in [0.5, 0.6) is 0 Å². The Balaban J connectivity index is 1.70. The van der Waals surface area contributed by atoms with Gasteiger partial charge in [-0.1, -0.05) is 74.6 Å². The number of aliphatic hydroxyl groups excluding tert-OH is 2. The second-order valence-electron chi connectivity index (χ2n) is 11.6. The summed E-state index contributed by atoms with van der Waals surface area (Å²) in [5.41, 5.74) is 0.952. The minimum Gasteiger partial charge on any atom is -0.469 e. The van der Waals surface area contributed by atoms with Crippen LogP contribution >= 0.6 is 0 Å². The van der Waals surface area contributed by atoms with Crippen molar-refractivity contribution in [1.82, 2.24) is 0 Å². The summed E-state index contributed by atoms with van der Waals surface area (Å²) >= 11 is 0. The number of hydrogen-bond donors (Lipinski definition) is 2. The van der Waals surface area contributed by atoms with Gasteiger partial charge in [-0.3, -0.25) is 8.98 Å². The van der Waals surface area contributed by atoms with Crippen molar-refractivity contribution in [3.05, 3.63) is 54.1 Å². The molecule has 3 rings (SSSR count). The zero-order chi connectivity index (χ0) is 29.1. The third-order valence-electron chi connectivity index (χ3n) is 8.61. The van der Waals surface area contributed by atoms with Crippen molar-refractivity contribution in [3.8, 4) is 0 Å². The van der Waals surface area contributed by atoms with Gasteiger partial charge in [-0.2, -0.15) is 8.42 Å². The average molecular weight is 577 g/mol. The van der Waals surface area contributed by atoms with Crippen molar-refractivity contribution < 1.29 is 32.3 Å². The van der Waals surface area contributed by atoms with E-state index in [0.717, 1.165) is 37.2 Å². The molecule has 2 aliphatic carbocycles. The summed E-state index contributed by atoms with van der Waals surface area (Å²) < 4.78 is 36.6. The standard InChI is InChI=1S/C32H48O7S/c1-4-9-24-14-16-25(17-15-24)29(33)21-20-27-28(10-7-5-6-8-11-32(35)38-3)31(22-30(27)34)39-40(36,37)26-18-12-23(2)13-19-26/h5,7,12-13,18-21,24-25,27-31,33-34H,4,6,8-11,14-17,22H2,1-3H3/b7-5-,21-20+/t24?,25?,27-,28-,29+,30-,31-/m1/s1. The number of carbonyl (C=O) groups excluding carboxylic acids is 1. The van der Waals surface area contributed by atoms with Crippen molar-refractivity contribution in [2.24, 2.45) is 23.7 Å². The van der Waals surface area contributed by atoms with Crippen LogP contribution in [0.3, 0.4) is 0 Å². The molecule has 0 bridgehead atoms. The van der Waals surface area contributed by atoms with Gasteiger partial charge in [0.2, 0.25) is 0 Å². The van der Waals surface area contributed by atoms with E-state index in [-0.39, 0.29) is 35.0 Å². The second-order valence-corrected chi connectivity index (χ2v) is 13.1. The molecule has 2 aliphatic rings. The Labute approximate surface area is 240 Å². The summed E-state index contributed by atoms with van der Waals surface area (Å²) in [5, 5.41) is 21.9. The number of aryl methyl sites for hydroxylation is 1. The number of benzene rings is 1. The molecule has 2 saturated carbocycles. The summed E-state index contributed by atoms with van der Waals surface area (Å²) in [6, 6.07) is 6.54. The first-order chi connectivity index (χ1) is 19.1. The molecule has 1 aromatic carbocycles. The van der Waals surface area contributed by atoms with Gasteiger partial charge < -0.3 is 14.9 Å². The minimum atomic E-state index is -4.01. The molecule has 0 radical (unpaired) electrons. The Bertz CT molecular complexity index is 1070.